The zero-order chi connectivity index (χ0) is 14.4. The van der Waals surface area contributed by atoms with Crippen LogP contribution in [-0.2, 0) is 17.7 Å². The number of benzene rings is 1. The van der Waals surface area contributed by atoms with Crippen LogP contribution in [0.2, 0.25) is 0 Å². The van der Waals surface area contributed by atoms with Gasteiger partial charge in [0.15, 0.2) is 0 Å². The van der Waals surface area contributed by atoms with Crippen LogP contribution in [0.15, 0.2) is 35.7 Å². The summed E-state index contributed by atoms with van der Waals surface area (Å²) in [5, 5.41) is 13.9. The van der Waals surface area contributed by atoms with Gasteiger partial charge in [-0.15, -0.1) is 11.3 Å². The first kappa shape index (κ1) is 14.6. The minimum absolute atomic E-state index is 0.347. The minimum Gasteiger partial charge on any atom is -0.478 e. The summed E-state index contributed by atoms with van der Waals surface area (Å²) in [6, 6.07) is 9.78. The van der Waals surface area contributed by atoms with E-state index in [1.165, 1.54) is 16.9 Å². The van der Waals surface area contributed by atoms with Crippen molar-refractivity contribution in [3.63, 3.8) is 0 Å². The third-order valence-electron chi connectivity index (χ3n) is 2.95. The standard InChI is InChI=1S/C15H17NO3S/c1-19-7-6-11-4-2-3-5-14(11)16-9-13-8-12(10-20-13)15(17)18/h2-5,8,10,16H,6-7,9H2,1H3,(H,17,18). The average molecular weight is 291 g/mol. The predicted octanol–water partition coefficient (Wildman–Crippen LogP) is 3.25. The molecule has 0 saturated carbocycles. The first-order chi connectivity index (χ1) is 9.70. The van der Waals surface area contributed by atoms with Crippen LogP contribution in [0.1, 0.15) is 20.8 Å². The van der Waals surface area contributed by atoms with Crippen LogP contribution in [0.5, 0.6) is 0 Å². The maximum atomic E-state index is 10.8. The monoisotopic (exact) mass is 291 g/mol. The van der Waals surface area contributed by atoms with Gasteiger partial charge < -0.3 is 15.2 Å². The zero-order valence-electron chi connectivity index (χ0n) is 11.3. The Bertz CT molecular complexity index is 580. The van der Waals surface area contributed by atoms with Gasteiger partial charge >= 0.3 is 5.97 Å². The quantitative estimate of drug-likeness (QED) is 0.822. The maximum Gasteiger partial charge on any atom is 0.336 e. The number of aromatic carboxylic acids is 1. The Kier molecular flexibility index (Phi) is 5.15. The number of anilines is 1. The van der Waals surface area contributed by atoms with Gasteiger partial charge in [-0.2, -0.15) is 0 Å². The molecular formula is C15H17NO3S. The van der Waals surface area contributed by atoms with Crippen molar-refractivity contribution in [3.8, 4) is 0 Å². The van der Waals surface area contributed by atoms with Gasteiger partial charge in [0.2, 0.25) is 0 Å². The molecule has 2 aromatic rings. The first-order valence-electron chi connectivity index (χ1n) is 6.32. The number of para-hydroxylation sites is 1. The van der Waals surface area contributed by atoms with E-state index in [0.29, 0.717) is 18.7 Å². The largest absolute Gasteiger partial charge is 0.478 e. The van der Waals surface area contributed by atoms with Gasteiger partial charge in [0.25, 0.3) is 0 Å². The molecule has 0 spiro atoms. The lowest BCUT2D eigenvalue weighted by atomic mass is 10.1. The Morgan fingerprint density at radius 2 is 2.20 bits per heavy atom. The Morgan fingerprint density at radius 1 is 1.40 bits per heavy atom. The van der Waals surface area contributed by atoms with Crippen molar-refractivity contribution in [3.05, 3.63) is 51.7 Å². The number of hydrogen-bond donors (Lipinski definition) is 2. The molecule has 0 aliphatic heterocycles. The summed E-state index contributed by atoms with van der Waals surface area (Å²) >= 11 is 1.45. The molecule has 0 radical (unpaired) electrons. The van der Waals surface area contributed by atoms with Gasteiger partial charge in [0.05, 0.1) is 12.2 Å². The van der Waals surface area contributed by atoms with E-state index in [0.717, 1.165) is 17.0 Å². The van der Waals surface area contributed by atoms with Crippen molar-refractivity contribution >= 4 is 23.0 Å². The molecule has 1 heterocycles. The van der Waals surface area contributed by atoms with Gasteiger partial charge in [0.1, 0.15) is 0 Å². The minimum atomic E-state index is -0.881. The molecule has 1 aromatic carbocycles. The number of thiophene rings is 1. The summed E-state index contributed by atoms with van der Waals surface area (Å²) in [6.07, 6.45) is 0.852. The molecule has 5 heteroatoms. The van der Waals surface area contributed by atoms with Gasteiger partial charge in [-0.1, -0.05) is 18.2 Å². The second-order valence-corrected chi connectivity index (χ2v) is 5.36. The van der Waals surface area contributed by atoms with Crippen LogP contribution < -0.4 is 5.32 Å². The molecular weight excluding hydrogens is 274 g/mol. The number of rotatable bonds is 7. The molecule has 4 nitrogen and oxygen atoms in total. The third kappa shape index (κ3) is 3.82. The molecule has 0 aliphatic rings. The van der Waals surface area contributed by atoms with E-state index in [4.69, 9.17) is 9.84 Å². The van der Waals surface area contributed by atoms with Crippen LogP contribution in [0.3, 0.4) is 0 Å². The summed E-state index contributed by atoms with van der Waals surface area (Å²) in [6.45, 7) is 1.31. The molecule has 0 atom stereocenters. The molecule has 0 unspecified atom stereocenters. The van der Waals surface area contributed by atoms with Crippen molar-refractivity contribution in [1.82, 2.24) is 0 Å². The molecule has 0 fully saturated rings. The normalized spacial score (nSPS) is 10.4. The van der Waals surface area contributed by atoms with E-state index in [2.05, 4.69) is 11.4 Å². The van der Waals surface area contributed by atoms with E-state index in [9.17, 15) is 4.79 Å². The van der Waals surface area contributed by atoms with Crippen LogP contribution in [0.4, 0.5) is 5.69 Å². The van der Waals surface area contributed by atoms with Crippen LogP contribution in [0.25, 0.3) is 0 Å². The van der Waals surface area contributed by atoms with E-state index in [1.54, 1.807) is 18.6 Å². The Labute approximate surface area is 122 Å². The van der Waals surface area contributed by atoms with Crippen LogP contribution in [0, 0.1) is 0 Å². The molecule has 0 aliphatic carbocycles. The fourth-order valence-corrected chi connectivity index (χ4v) is 2.69. The summed E-state index contributed by atoms with van der Waals surface area (Å²) in [4.78, 5) is 11.8. The summed E-state index contributed by atoms with van der Waals surface area (Å²) in [5.41, 5.74) is 2.61. The van der Waals surface area contributed by atoms with Gasteiger partial charge in [0, 0.05) is 29.6 Å². The summed E-state index contributed by atoms with van der Waals surface area (Å²) in [7, 11) is 1.69. The average Bonchev–Trinajstić information content (AvgIpc) is 2.93. The molecule has 1 aromatic heterocycles. The molecule has 2 rings (SSSR count). The van der Waals surface area contributed by atoms with Gasteiger partial charge in [-0.3, -0.25) is 0 Å². The highest BCUT2D eigenvalue weighted by Crippen LogP contribution is 2.20. The fourth-order valence-electron chi connectivity index (χ4n) is 1.89. The van der Waals surface area contributed by atoms with Crippen LogP contribution in [-0.4, -0.2) is 24.8 Å². The van der Waals surface area contributed by atoms with Crippen molar-refractivity contribution in [2.75, 3.05) is 19.0 Å². The Balaban J connectivity index is 2.00. The van der Waals surface area contributed by atoms with Crippen LogP contribution >= 0.6 is 11.3 Å². The second kappa shape index (κ2) is 7.07. The molecule has 0 bridgehead atoms. The van der Waals surface area contributed by atoms with E-state index in [-0.39, 0.29) is 0 Å². The SMILES string of the molecule is COCCc1ccccc1NCc1cc(C(=O)O)cs1. The topological polar surface area (TPSA) is 58.6 Å². The zero-order valence-corrected chi connectivity index (χ0v) is 12.1. The van der Waals surface area contributed by atoms with Gasteiger partial charge in [-0.25, -0.2) is 4.79 Å². The molecule has 0 amide bonds. The highest BCUT2D eigenvalue weighted by molar-refractivity contribution is 7.10. The number of nitrogens with one attached hydrogen (secondary N) is 1. The summed E-state index contributed by atoms with van der Waals surface area (Å²) < 4.78 is 5.10. The predicted molar refractivity (Wildman–Crippen MR) is 80.6 cm³/mol. The molecule has 20 heavy (non-hydrogen) atoms. The number of ether oxygens (including phenoxy) is 1. The van der Waals surface area contributed by atoms with E-state index in [1.807, 2.05) is 18.2 Å². The number of hydrogen-bond acceptors (Lipinski definition) is 4. The number of carbonyl (C=O) groups is 1. The summed E-state index contributed by atoms with van der Waals surface area (Å²) in [5.74, 6) is -0.881. The lowest BCUT2D eigenvalue weighted by Crippen LogP contribution is -2.03. The molecule has 2 N–H and O–H groups in total. The van der Waals surface area contributed by atoms with Crippen molar-refractivity contribution in [1.29, 1.82) is 0 Å². The number of methoxy groups -OCH3 is 1. The maximum absolute atomic E-state index is 10.8. The first-order valence-corrected chi connectivity index (χ1v) is 7.20. The second-order valence-electron chi connectivity index (χ2n) is 4.36. The lowest BCUT2D eigenvalue weighted by molar-refractivity contribution is 0.0697. The Morgan fingerprint density at radius 3 is 2.90 bits per heavy atom. The number of carboxylic acid groups (broad SMARTS) is 1. The van der Waals surface area contributed by atoms with E-state index < -0.39 is 5.97 Å². The molecule has 0 saturated heterocycles. The highest BCUT2D eigenvalue weighted by Gasteiger charge is 2.07. The smallest absolute Gasteiger partial charge is 0.336 e. The van der Waals surface area contributed by atoms with Crippen molar-refractivity contribution in [2.45, 2.75) is 13.0 Å². The van der Waals surface area contributed by atoms with E-state index >= 15 is 0 Å². The number of carboxylic acids is 1. The highest BCUT2D eigenvalue weighted by atomic mass is 32.1. The van der Waals surface area contributed by atoms with Gasteiger partial charge in [-0.05, 0) is 24.1 Å². The lowest BCUT2D eigenvalue weighted by Gasteiger charge is -2.11. The van der Waals surface area contributed by atoms with Crippen molar-refractivity contribution < 1.29 is 14.6 Å². The molecule has 106 valence electrons. The third-order valence-corrected chi connectivity index (χ3v) is 3.88. The van der Waals surface area contributed by atoms with Crippen molar-refractivity contribution in [2.24, 2.45) is 0 Å². The fraction of sp³-hybridized carbons (Fsp3) is 0.267. The Hall–Kier alpha value is -1.85.